The first-order valence-electron chi connectivity index (χ1n) is 6.77. The highest BCUT2D eigenvalue weighted by atomic mass is 35.5. The van der Waals surface area contributed by atoms with Crippen molar-refractivity contribution in [1.29, 1.82) is 0 Å². The van der Waals surface area contributed by atoms with E-state index >= 15 is 0 Å². The lowest BCUT2D eigenvalue weighted by Gasteiger charge is -2.34. The maximum absolute atomic E-state index is 12.8. The van der Waals surface area contributed by atoms with Crippen molar-refractivity contribution in [2.75, 3.05) is 11.9 Å². The van der Waals surface area contributed by atoms with Gasteiger partial charge in [0.15, 0.2) is 11.3 Å². The molecule has 3 rings (SSSR count). The molecule has 0 radical (unpaired) electrons. The van der Waals surface area contributed by atoms with Crippen LogP contribution in [0.1, 0.15) is 18.4 Å². The summed E-state index contributed by atoms with van der Waals surface area (Å²) in [7, 11) is 0. The van der Waals surface area contributed by atoms with Gasteiger partial charge in [0, 0.05) is 30.5 Å². The van der Waals surface area contributed by atoms with Crippen molar-refractivity contribution in [2.45, 2.75) is 23.8 Å². The quantitative estimate of drug-likeness (QED) is 0.500. The topological polar surface area (TPSA) is 38.3 Å². The average molecular weight is 348 g/mol. The van der Waals surface area contributed by atoms with Gasteiger partial charge in [0.05, 0.1) is 11.6 Å². The number of aldehydes is 1. The summed E-state index contributed by atoms with van der Waals surface area (Å²) >= 11 is 12.2. The number of carbonyl (C=O) groups is 1. The van der Waals surface area contributed by atoms with E-state index < -0.39 is 10.9 Å². The molecular formula is C15H13Cl2F2NO2. The highest BCUT2D eigenvalue weighted by Crippen LogP contribution is 2.43. The SMILES string of the molecule is O=CC1(Cl)C=Cc2cc(Cl)c(OCC3CC(F)(F)C3)cc2N1. The van der Waals surface area contributed by atoms with Gasteiger partial charge in [-0.15, -0.1) is 0 Å². The van der Waals surface area contributed by atoms with Crippen LogP contribution in [0.4, 0.5) is 14.5 Å². The van der Waals surface area contributed by atoms with Crippen LogP contribution < -0.4 is 10.1 Å². The minimum Gasteiger partial charge on any atom is -0.492 e. The predicted molar refractivity (Wildman–Crippen MR) is 81.9 cm³/mol. The summed E-state index contributed by atoms with van der Waals surface area (Å²) in [6.07, 6.45) is 3.48. The van der Waals surface area contributed by atoms with Crippen LogP contribution in [0.2, 0.25) is 5.02 Å². The van der Waals surface area contributed by atoms with Crippen LogP contribution in [-0.2, 0) is 4.79 Å². The fourth-order valence-electron chi connectivity index (χ4n) is 2.56. The Morgan fingerprint density at radius 2 is 2.14 bits per heavy atom. The van der Waals surface area contributed by atoms with E-state index in [0.29, 0.717) is 22.7 Å². The Balaban J connectivity index is 1.73. The normalized spacial score (nSPS) is 25.8. The Labute approximate surface area is 136 Å². The summed E-state index contributed by atoms with van der Waals surface area (Å²) in [4.78, 5) is 9.69. The van der Waals surface area contributed by atoms with E-state index in [4.69, 9.17) is 27.9 Å². The summed E-state index contributed by atoms with van der Waals surface area (Å²) < 4.78 is 31.1. The van der Waals surface area contributed by atoms with Crippen LogP contribution in [0.3, 0.4) is 0 Å². The summed E-state index contributed by atoms with van der Waals surface area (Å²) in [6, 6.07) is 3.30. The molecule has 0 aromatic heterocycles. The Morgan fingerprint density at radius 1 is 1.41 bits per heavy atom. The third-order valence-corrected chi connectivity index (χ3v) is 4.36. The number of nitrogens with one attached hydrogen (secondary N) is 1. The number of hydrogen-bond acceptors (Lipinski definition) is 3. The number of fused-ring (bicyclic) bond motifs is 1. The number of ether oxygens (including phenoxy) is 1. The van der Waals surface area contributed by atoms with Gasteiger partial charge in [-0.1, -0.05) is 29.3 Å². The van der Waals surface area contributed by atoms with Gasteiger partial charge in [-0.3, -0.25) is 4.79 Å². The van der Waals surface area contributed by atoms with Crippen molar-refractivity contribution < 1.29 is 18.3 Å². The molecule has 0 amide bonds. The van der Waals surface area contributed by atoms with Gasteiger partial charge in [0.25, 0.3) is 0 Å². The molecule has 0 spiro atoms. The lowest BCUT2D eigenvalue weighted by molar-refractivity contribution is -0.119. The van der Waals surface area contributed by atoms with Crippen molar-refractivity contribution >= 4 is 41.3 Å². The van der Waals surface area contributed by atoms with Gasteiger partial charge in [0.1, 0.15) is 5.75 Å². The van der Waals surface area contributed by atoms with Gasteiger partial charge < -0.3 is 10.1 Å². The molecule has 1 N–H and O–H groups in total. The lowest BCUT2D eigenvalue weighted by atomic mass is 9.82. The summed E-state index contributed by atoms with van der Waals surface area (Å²) in [6.45, 7) is 0.184. The zero-order chi connectivity index (χ0) is 16.0. The fourth-order valence-corrected chi connectivity index (χ4v) is 2.96. The number of carbonyl (C=O) groups excluding carboxylic acids is 1. The van der Waals surface area contributed by atoms with Gasteiger partial charge >= 0.3 is 0 Å². The van der Waals surface area contributed by atoms with E-state index in [2.05, 4.69) is 5.32 Å². The van der Waals surface area contributed by atoms with Crippen LogP contribution in [-0.4, -0.2) is 23.8 Å². The second-order valence-corrected chi connectivity index (χ2v) is 6.69. The van der Waals surface area contributed by atoms with E-state index in [1.165, 1.54) is 6.08 Å². The molecule has 1 aromatic rings. The molecule has 22 heavy (non-hydrogen) atoms. The molecule has 1 atom stereocenters. The molecule has 118 valence electrons. The average Bonchev–Trinajstić information content (AvgIpc) is 2.43. The Morgan fingerprint density at radius 3 is 2.77 bits per heavy atom. The Kier molecular flexibility index (Phi) is 3.81. The van der Waals surface area contributed by atoms with Crippen molar-refractivity contribution in [3.63, 3.8) is 0 Å². The largest absolute Gasteiger partial charge is 0.492 e. The number of anilines is 1. The molecular weight excluding hydrogens is 335 g/mol. The van der Waals surface area contributed by atoms with E-state index in [1.54, 1.807) is 18.2 Å². The number of benzene rings is 1. The summed E-state index contributed by atoms with van der Waals surface area (Å²) in [5, 5.41) is 3.25. The van der Waals surface area contributed by atoms with Crippen LogP contribution in [0, 0.1) is 5.92 Å². The first-order valence-corrected chi connectivity index (χ1v) is 7.53. The van der Waals surface area contributed by atoms with Crippen LogP contribution in [0.15, 0.2) is 18.2 Å². The van der Waals surface area contributed by atoms with Gasteiger partial charge in [-0.2, -0.15) is 0 Å². The molecule has 1 aliphatic heterocycles. The second-order valence-electron chi connectivity index (χ2n) is 5.66. The molecule has 7 heteroatoms. The zero-order valence-corrected chi connectivity index (χ0v) is 12.9. The van der Waals surface area contributed by atoms with E-state index in [0.717, 1.165) is 5.56 Å². The number of hydrogen-bond donors (Lipinski definition) is 1. The molecule has 1 fully saturated rings. The maximum atomic E-state index is 12.8. The molecule has 0 saturated heterocycles. The van der Waals surface area contributed by atoms with Crippen LogP contribution in [0.5, 0.6) is 5.75 Å². The predicted octanol–water partition coefficient (Wildman–Crippen LogP) is 4.34. The molecule has 1 heterocycles. The lowest BCUT2D eigenvalue weighted by Crippen LogP contribution is -2.38. The highest BCUT2D eigenvalue weighted by Gasteiger charge is 2.45. The summed E-state index contributed by atoms with van der Waals surface area (Å²) in [5.41, 5.74) is 1.37. The molecule has 1 aliphatic carbocycles. The maximum Gasteiger partial charge on any atom is 0.248 e. The zero-order valence-electron chi connectivity index (χ0n) is 11.4. The van der Waals surface area contributed by atoms with Crippen molar-refractivity contribution in [3.05, 3.63) is 28.8 Å². The van der Waals surface area contributed by atoms with Crippen molar-refractivity contribution in [2.24, 2.45) is 5.92 Å². The first-order chi connectivity index (χ1) is 10.3. The second kappa shape index (κ2) is 5.39. The third-order valence-electron chi connectivity index (χ3n) is 3.76. The van der Waals surface area contributed by atoms with Gasteiger partial charge in [0.2, 0.25) is 5.92 Å². The Bertz CT molecular complexity index is 643. The first kappa shape index (κ1) is 15.6. The fraction of sp³-hybridized carbons (Fsp3) is 0.400. The van der Waals surface area contributed by atoms with E-state index in [-0.39, 0.29) is 25.4 Å². The number of rotatable bonds is 4. The minimum absolute atomic E-state index is 0.160. The van der Waals surface area contributed by atoms with Crippen LogP contribution >= 0.6 is 23.2 Å². The van der Waals surface area contributed by atoms with Crippen LogP contribution in [0.25, 0.3) is 6.08 Å². The Hall–Kier alpha value is -1.33. The monoisotopic (exact) mass is 347 g/mol. The van der Waals surface area contributed by atoms with Crippen molar-refractivity contribution in [1.82, 2.24) is 0 Å². The minimum atomic E-state index is -2.57. The highest BCUT2D eigenvalue weighted by molar-refractivity contribution is 6.35. The molecule has 1 saturated carbocycles. The van der Waals surface area contributed by atoms with Gasteiger partial charge in [-0.05, 0) is 17.7 Å². The summed E-state index contributed by atoms with van der Waals surface area (Å²) in [5.74, 6) is -2.36. The van der Waals surface area contributed by atoms with Crippen molar-refractivity contribution in [3.8, 4) is 5.75 Å². The number of halogens is 4. The number of alkyl halides is 3. The van der Waals surface area contributed by atoms with E-state index in [1.807, 2.05) is 0 Å². The molecule has 2 aliphatic rings. The van der Waals surface area contributed by atoms with Gasteiger partial charge in [-0.25, -0.2) is 8.78 Å². The smallest absolute Gasteiger partial charge is 0.248 e. The molecule has 3 nitrogen and oxygen atoms in total. The standard InChI is InChI=1S/C15H13Cl2F2NO2/c16-11-3-10-1-2-14(17,8-21)20-12(10)4-13(11)22-7-9-5-15(18,19)6-9/h1-4,8-9,20H,5-7H2. The molecule has 0 bridgehead atoms. The third kappa shape index (κ3) is 3.06. The molecule has 1 aromatic carbocycles. The van der Waals surface area contributed by atoms with E-state index in [9.17, 15) is 13.6 Å². The molecule has 1 unspecified atom stereocenters.